The number of nitrogens with zero attached hydrogens (tertiary/aromatic N) is 2. The van der Waals surface area contributed by atoms with Gasteiger partial charge in [0.2, 0.25) is 11.8 Å². The molecule has 0 bridgehead atoms. The van der Waals surface area contributed by atoms with Gasteiger partial charge in [-0.15, -0.1) is 0 Å². The maximum atomic E-state index is 12.7. The molecular weight excluding hydrogens is 706 g/mol. The Morgan fingerprint density at radius 1 is 0.667 bits per heavy atom. The molecule has 0 aromatic carbocycles. The van der Waals surface area contributed by atoms with Crippen molar-refractivity contribution in [3.8, 4) is 11.8 Å². The molecule has 0 saturated carbocycles. The highest BCUT2D eigenvalue weighted by atomic mass is 79.9. The van der Waals surface area contributed by atoms with Gasteiger partial charge in [-0.05, 0) is 64.3 Å². The minimum atomic E-state index is -4.58. The zero-order valence-electron chi connectivity index (χ0n) is 27.4. The number of hydrogen-bond donors (Lipinski definition) is 2. The van der Waals surface area contributed by atoms with E-state index in [0.29, 0.717) is 6.61 Å². The summed E-state index contributed by atoms with van der Waals surface area (Å²) in [4.78, 5) is 6.88. The first kappa shape index (κ1) is 40.9. The van der Waals surface area contributed by atoms with E-state index in [4.69, 9.17) is 29.8 Å². The summed E-state index contributed by atoms with van der Waals surface area (Å²) in [7, 11) is -3.83. The highest BCUT2D eigenvalue weighted by molar-refractivity contribution is 9.10. The molecule has 8 nitrogen and oxygen atoms in total. The molecule has 0 unspecified atom stereocenters. The summed E-state index contributed by atoms with van der Waals surface area (Å²) in [5, 5.41) is 0.109. The average Bonchev–Trinajstić information content (AvgIpc) is 2.84. The first-order chi connectivity index (χ1) is 20.1. The van der Waals surface area contributed by atoms with Gasteiger partial charge in [0.05, 0.1) is 18.9 Å². The van der Waals surface area contributed by atoms with E-state index < -0.39 is 40.4 Å². The van der Waals surface area contributed by atoms with Crippen molar-refractivity contribution in [2.24, 2.45) is 0 Å². The molecule has 0 spiro atoms. The van der Waals surface area contributed by atoms with Crippen LogP contribution in [0.15, 0.2) is 22.7 Å². The molecule has 2 heterocycles. The van der Waals surface area contributed by atoms with Gasteiger partial charge in [-0.1, -0.05) is 41.5 Å². The highest BCUT2D eigenvalue weighted by Gasteiger charge is 2.38. The summed E-state index contributed by atoms with van der Waals surface area (Å²) < 4.78 is 98.7. The van der Waals surface area contributed by atoms with Crippen molar-refractivity contribution in [3.05, 3.63) is 34.1 Å². The Kier molecular flexibility index (Phi) is 13.8. The van der Waals surface area contributed by atoms with Crippen LogP contribution in [0.5, 0.6) is 11.8 Å². The number of hydrogen-bond acceptors (Lipinski definition) is 8. The smallest absolute Gasteiger partial charge is 0.433 e. The third-order valence-corrected chi connectivity index (χ3v) is 17.4. The molecular formula is C28H45BrF6N4O4Si2. The Morgan fingerprint density at radius 3 is 1.51 bits per heavy atom. The third kappa shape index (κ3) is 12.9. The summed E-state index contributed by atoms with van der Waals surface area (Å²) in [5.74, 6) is -0.331. The topological polar surface area (TPSA) is 115 Å². The van der Waals surface area contributed by atoms with Crippen molar-refractivity contribution in [2.45, 2.75) is 90.2 Å². The van der Waals surface area contributed by atoms with Crippen LogP contribution < -0.4 is 20.9 Å². The Bertz CT molecular complexity index is 1270. The van der Waals surface area contributed by atoms with E-state index >= 15 is 0 Å². The first-order valence-electron chi connectivity index (χ1n) is 14.0. The molecule has 2 aromatic rings. The molecule has 0 aliphatic rings. The van der Waals surface area contributed by atoms with Crippen LogP contribution in [-0.2, 0) is 21.2 Å². The van der Waals surface area contributed by atoms with Gasteiger partial charge in [0.15, 0.2) is 28.0 Å². The summed E-state index contributed by atoms with van der Waals surface area (Å²) in [6.07, 6.45) is -9.13. The molecule has 2 rings (SSSR count). The van der Waals surface area contributed by atoms with E-state index in [1.165, 1.54) is 6.07 Å². The lowest BCUT2D eigenvalue weighted by atomic mass is 10.2. The van der Waals surface area contributed by atoms with Crippen LogP contribution in [0.2, 0.25) is 36.3 Å². The Morgan fingerprint density at radius 2 is 1.09 bits per heavy atom. The summed E-state index contributed by atoms with van der Waals surface area (Å²) >= 11 is 3.09. The maximum absolute atomic E-state index is 12.7. The molecule has 45 heavy (non-hydrogen) atoms. The molecule has 0 fully saturated rings. The number of rotatable bonds is 10. The van der Waals surface area contributed by atoms with Crippen LogP contribution in [0.3, 0.4) is 0 Å². The van der Waals surface area contributed by atoms with E-state index in [0.717, 1.165) is 12.1 Å². The van der Waals surface area contributed by atoms with Gasteiger partial charge in [-0.3, -0.25) is 0 Å². The van der Waals surface area contributed by atoms with Crippen molar-refractivity contribution in [2.75, 3.05) is 37.9 Å². The zero-order valence-corrected chi connectivity index (χ0v) is 31.0. The van der Waals surface area contributed by atoms with Gasteiger partial charge < -0.3 is 29.8 Å². The van der Waals surface area contributed by atoms with Crippen LogP contribution >= 0.6 is 15.9 Å². The Hall–Kier alpha value is -2.09. The van der Waals surface area contributed by atoms with E-state index in [1.807, 2.05) is 0 Å². The molecule has 0 atom stereocenters. The van der Waals surface area contributed by atoms with E-state index in [-0.39, 0.29) is 57.5 Å². The second-order valence-corrected chi connectivity index (χ2v) is 23.7. The quantitative estimate of drug-likeness (QED) is 0.141. The predicted molar refractivity (Wildman–Crippen MR) is 172 cm³/mol. The molecule has 17 heteroatoms. The van der Waals surface area contributed by atoms with Gasteiger partial charge in [0, 0.05) is 11.8 Å². The molecule has 258 valence electrons. The fraction of sp³-hybridized carbons (Fsp3) is 0.643. The van der Waals surface area contributed by atoms with Gasteiger partial charge in [0.1, 0.15) is 17.7 Å². The lowest BCUT2D eigenvalue weighted by Gasteiger charge is -2.36. The van der Waals surface area contributed by atoms with Crippen molar-refractivity contribution < 1.29 is 44.7 Å². The first-order valence-corrected chi connectivity index (χ1v) is 20.6. The SMILES string of the molecule is CC(C)(C)[Si](C)(C)OCCOc1cc(N)cc(C(F)(F)F)n1.CC(C)(C)[Si](C)(C)OCCOc1nc(C(F)(F)F)cc(N)c1Br. The zero-order chi connectivity index (χ0) is 35.2. The largest absolute Gasteiger partial charge is 0.475 e. The van der Waals surface area contributed by atoms with Gasteiger partial charge in [-0.25, -0.2) is 9.97 Å². The second kappa shape index (κ2) is 15.2. The molecule has 2 aromatic heterocycles. The summed E-state index contributed by atoms with van der Waals surface area (Å²) in [6, 6.07) is 2.81. The van der Waals surface area contributed by atoms with E-state index in [1.54, 1.807) is 0 Å². The fourth-order valence-electron chi connectivity index (χ4n) is 2.82. The molecule has 0 amide bonds. The minimum Gasteiger partial charge on any atom is -0.475 e. The van der Waals surface area contributed by atoms with E-state index in [9.17, 15) is 26.3 Å². The van der Waals surface area contributed by atoms with E-state index in [2.05, 4.69) is 93.6 Å². The number of anilines is 2. The van der Waals surface area contributed by atoms with Crippen LogP contribution in [0.1, 0.15) is 52.9 Å². The number of halogens is 7. The maximum Gasteiger partial charge on any atom is 0.433 e. The van der Waals surface area contributed by atoms with Crippen LogP contribution in [0.4, 0.5) is 37.7 Å². The average molecular weight is 752 g/mol. The lowest BCUT2D eigenvalue weighted by molar-refractivity contribution is -0.142. The van der Waals surface area contributed by atoms with Crippen LogP contribution in [0, 0.1) is 0 Å². The molecule has 0 saturated heterocycles. The molecule has 0 radical (unpaired) electrons. The molecule has 0 aliphatic carbocycles. The number of aromatic nitrogens is 2. The summed E-state index contributed by atoms with van der Waals surface area (Å²) in [6.45, 7) is 21.8. The van der Waals surface area contributed by atoms with Gasteiger partial charge >= 0.3 is 12.4 Å². The predicted octanol–water partition coefficient (Wildman–Crippen LogP) is 8.93. The highest BCUT2D eigenvalue weighted by Crippen LogP contribution is 2.38. The van der Waals surface area contributed by atoms with Crippen molar-refractivity contribution in [3.63, 3.8) is 0 Å². The number of nitrogens with two attached hydrogens (primary N) is 2. The molecule has 4 N–H and O–H groups in total. The summed E-state index contributed by atoms with van der Waals surface area (Å²) in [5.41, 5.74) is 8.74. The number of alkyl halides is 6. The van der Waals surface area contributed by atoms with Crippen LogP contribution in [0.25, 0.3) is 0 Å². The number of ether oxygens (including phenoxy) is 2. The van der Waals surface area contributed by atoms with Gasteiger partial charge in [0.25, 0.3) is 0 Å². The number of pyridine rings is 2. The monoisotopic (exact) mass is 750 g/mol. The lowest BCUT2D eigenvalue weighted by Crippen LogP contribution is -2.41. The number of nitrogen functional groups attached to an aromatic ring is 2. The Labute approximate surface area is 272 Å². The standard InChI is InChI=1S/C14H22BrF3N2O2Si.C14H23F3N2O2Si/c1-13(2,3)23(4,5)22-7-6-21-12-11(15)9(19)8-10(20-12)14(16,17)18;1-13(2,3)22(4,5)21-7-6-20-12-9-10(18)8-11(19-12)14(15,16)17/h8H,6-7H2,1-5H3,(H2,19,20);8-9H,6-7H2,1-5H3,(H2,18,19). The van der Waals surface area contributed by atoms with Crippen molar-refractivity contribution in [1.82, 2.24) is 9.97 Å². The Balaban J connectivity index is 0.000000450. The normalized spacial score (nSPS) is 13.3. The van der Waals surface area contributed by atoms with Crippen molar-refractivity contribution >= 4 is 43.9 Å². The third-order valence-electron chi connectivity index (χ3n) is 7.55. The minimum absolute atomic E-state index is 0.0392. The fourth-order valence-corrected chi connectivity index (χ4v) is 5.19. The second-order valence-electron chi connectivity index (χ2n) is 13.2. The molecule has 0 aliphatic heterocycles. The van der Waals surface area contributed by atoms with Crippen molar-refractivity contribution in [1.29, 1.82) is 0 Å². The van der Waals surface area contributed by atoms with Crippen LogP contribution in [-0.4, -0.2) is 53.0 Å². The van der Waals surface area contributed by atoms with Gasteiger partial charge in [-0.2, -0.15) is 26.3 Å².